The molecule has 0 saturated carbocycles. The number of nitro benzene ring substituents is 1. The molecule has 1 fully saturated rings. The average Bonchev–Trinajstić information content (AvgIpc) is 2.81. The first-order valence-corrected chi connectivity index (χ1v) is 10.6. The van der Waals surface area contributed by atoms with E-state index in [1.54, 1.807) is 4.90 Å². The van der Waals surface area contributed by atoms with Crippen LogP contribution in [0.2, 0.25) is 5.02 Å². The van der Waals surface area contributed by atoms with Crippen LogP contribution in [0.4, 0.5) is 11.5 Å². The summed E-state index contributed by atoms with van der Waals surface area (Å²) in [7, 11) is 0. The molecule has 0 bridgehead atoms. The van der Waals surface area contributed by atoms with Gasteiger partial charge >= 0.3 is 0 Å². The highest BCUT2D eigenvalue weighted by Gasteiger charge is 2.25. The second kappa shape index (κ2) is 8.92. The van der Waals surface area contributed by atoms with Crippen molar-refractivity contribution < 1.29 is 9.72 Å². The number of non-ortho nitro benzene ring substituents is 1. The first kappa shape index (κ1) is 21.7. The molecule has 0 spiro atoms. The molecular weight excluding hydrogens is 430 g/mol. The van der Waals surface area contributed by atoms with Crippen LogP contribution in [-0.2, 0) is 0 Å². The van der Waals surface area contributed by atoms with Crippen LogP contribution in [-0.4, -0.2) is 51.9 Å². The number of hydrogen-bond donors (Lipinski definition) is 0. The minimum absolute atomic E-state index is 0.0301. The van der Waals surface area contributed by atoms with Crippen LogP contribution in [0.3, 0.4) is 0 Å². The van der Waals surface area contributed by atoms with Crippen molar-refractivity contribution >= 4 is 29.0 Å². The Labute approximate surface area is 190 Å². The molecule has 164 valence electrons. The standard InChI is InChI=1S/C23H22ClN5O3/c1-15-16(2)25-21(17-3-7-19(24)8-4-17)26-22(15)27-11-13-28(14-12-27)23(30)18-5-9-20(10-6-18)29(31)32/h3-10H,11-14H2,1-2H3. The van der Waals surface area contributed by atoms with Crippen LogP contribution in [0.1, 0.15) is 21.6 Å². The van der Waals surface area contributed by atoms with Gasteiger partial charge in [-0.15, -0.1) is 0 Å². The van der Waals surface area contributed by atoms with E-state index in [2.05, 4.69) is 9.88 Å². The molecular formula is C23H22ClN5O3. The SMILES string of the molecule is Cc1nc(-c2ccc(Cl)cc2)nc(N2CCN(C(=O)c3ccc([N+](=O)[O-])cc3)CC2)c1C. The number of anilines is 1. The minimum atomic E-state index is -0.475. The molecule has 4 rings (SSSR count). The Kier molecular flexibility index (Phi) is 6.05. The molecule has 2 heterocycles. The average molecular weight is 452 g/mol. The van der Waals surface area contributed by atoms with Crippen molar-refractivity contribution in [1.82, 2.24) is 14.9 Å². The normalized spacial score (nSPS) is 13.8. The van der Waals surface area contributed by atoms with Crippen molar-refractivity contribution in [2.75, 3.05) is 31.1 Å². The number of aryl methyl sites for hydroxylation is 1. The highest BCUT2D eigenvalue weighted by Crippen LogP contribution is 2.26. The first-order valence-electron chi connectivity index (χ1n) is 10.2. The summed E-state index contributed by atoms with van der Waals surface area (Å²) in [6.45, 7) is 6.31. The zero-order valence-electron chi connectivity index (χ0n) is 17.8. The lowest BCUT2D eigenvalue weighted by Gasteiger charge is -2.36. The van der Waals surface area contributed by atoms with Gasteiger partial charge in [0.15, 0.2) is 5.82 Å². The van der Waals surface area contributed by atoms with E-state index in [-0.39, 0.29) is 11.6 Å². The monoisotopic (exact) mass is 451 g/mol. The number of aromatic nitrogens is 2. The van der Waals surface area contributed by atoms with Crippen LogP contribution in [0.25, 0.3) is 11.4 Å². The first-order chi connectivity index (χ1) is 15.3. The topological polar surface area (TPSA) is 92.5 Å². The van der Waals surface area contributed by atoms with Gasteiger partial charge in [0.1, 0.15) is 5.82 Å². The van der Waals surface area contributed by atoms with Gasteiger partial charge in [-0.3, -0.25) is 14.9 Å². The molecule has 2 aromatic carbocycles. The molecule has 0 atom stereocenters. The van der Waals surface area contributed by atoms with E-state index in [1.165, 1.54) is 24.3 Å². The molecule has 9 heteroatoms. The Hall–Kier alpha value is -3.52. The second-order valence-corrected chi connectivity index (χ2v) is 8.11. The maximum atomic E-state index is 12.8. The third-order valence-corrected chi connectivity index (χ3v) is 5.91. The lowest BCUT2D eigenvalue weighted by molar-refractivity contribution is -0.384. The van der Waals surface area contributed by atoms with E-state index >= 15 is 0 Å². The fraction of sp³-hybridized carbons (Fsp3) is 0.261. The quantitative estimate of drug-likeness (QED) is 0.434. The zero-order chi connectivity index (χ0) is 22.8. The summed E-state index contributed by atoms with van der Waals surface area (Å²) in [6.07, 6.45) is 0. The number of piperazine rings is 1. The van der Waals surface area contributed by atoms with Crippen LogP contribution in [0.5, 0.6) is 0 Å². The van der Waals surface area contributed by atoms with E-state index in [9.17, 15) is 14.9 Å². The lowest BCUT2D eigenvalue weighted by atomic mass is 10.1. The summed E-state index contributed by atoms with van der Waals surface area (Å²) in [5.74, 6) is 1.38. The van der Waals surface area contributed by atoms with Crippen molar-refractivity contribution in [2.45, 2.75) is 13.8 Å². The summed E-state index contributed by atoms with van der Waals surface area (Å²) in [5, 5.41) is 11.5. The van der Waals surface area contributed by atoms with E-state index in [0.717, 1.165) is 22.6 Å². The molecule has 0 unspecified atom stereocenters. The van der Waals surface area contributed by atoms with Gasteiger partial charge < -0.3 is 9.80 Å². The van der Waals surface area contributed by atoms with Gasteiger partial charge in [-0.25, -0.2) is 9.97 Å². The molecule has 0 N–H and O–H groups in total. The molecule has 1 aromatic heterocycles. The highest BCUT2D eigenvalue weighted by atomic mass is 35.5. The number of halogens is 1. The fourth-order valence-electron chi connectivity index (χ4n) is 3.68. The Balaban J connectivity index is 1.49. The van der Waals surface area contributed by atoms with Gasteiger partial charge in [0.25, 0.3) is 11.6 Å². The van der Waals surface area contributed by atoms with E-state index in [4.69, 9.17) is 16.6 Å². The number of amides is 1. The molecule has 1 aliphatic rings. The van der Waals surface area contributed by atoms with Crippen LogP contribution in [0.15, 0.2) is 48.5 Å². The summed E-state index contributed by atoms with van der Waals surface area (Å²) in [6, 6.07) is 13.2. The molecule has 0 radical (unpaired) electrons. The van der Waals surface area contributed by atoms with Crippen molar-refractivity contribution in [3.05, 3.63) is 80.5 Å². The van der Waals surface area contributed by atoms with Crippen molar-refractivity contribution in [1.29, 1.82) is 0 Å². The van der Waals surface area contributed by atoms with Gasteiger partial charge in [0, 0.05) is 65.7 Å². The van der Waals surface area contributed by atoms with Crippen molar-refractivity contribution in [2.24, 2.45) is 0 Å². The summed E-state index contributed by atoms with van der Waals surface area (Å²) < 4.78 is 0. The third kappa shape index (κ3) is 4.40. The largest absolute Gasteiger partial charge is 0.353 e. The number of rotatable bonds is 4. The number of carbonyl (C=O) groups is 1. The Bertz CT molecular complexity index is 1160. The predicted octanol–water partition coefficient (Wildman–Crippen LogP) is 4.28. The van der Waals surface area contributed by atoms with Crippen LogP contribution < -0.4 is 4.90 Å². The maximum absolute atomic E-state index is 12.8. The Morgan fingerprint density at radius 3 is 2.19 bits per heavy atom. The van der Waals surface area contributed by atoms with Gasteiger partial charge in [0.2, 0.25) is 0 Å². The Morgan fingerprint density at radius 1 is 0.969 bits per heavy atom. The van der Waals surface area contributed by atoms with Gasteiger partial charge in [-0.05, 0) is 50.2 Å². The van der Waals surface area contributed by atoms with Gasteiger partial charge in [-0.2, -0.15) is 0 Å². The number of nitrogens with zero attached hydrogens (tertiary/aromatic N) is 5. The number of benzene rings is 2. The number of hydrogen-bond acceptors (Lipinski definition) is 6. The lowest BCUT2D eigenvalue weighted by Crippen LogP contribution is -2.49. The molecule has 3 aromatic rings. The minimum Gasteiger partial charge on any atom is -0.353 e. The molecule has 1 aliphatic heterocycles. The summed E-state index contributed by atoms with van der Waals surface area (Å²) in [4.78, 5) is 36.5. The summed E-state index contributed by atoms with van der Waals surface area (Å²) >= 11 is 6.00. The number of nitro groups is 1. The third-order valence-electron chi connectivity index (χ3n) is 5.66. The van der Waals surface area contributed by atoms with Crippen molar-refractivity contribution in [3.63, 3.8) is 0 Å². The summed E-state index contributed by atoms with van der Waals surface area (Å²) in [5.41, 5.74) is 3.23. The highest BCUT2D eigenvalue weighted by molar-refractivity contribution is 6.30. The van der Waals surface area contributed by atoms with Crippen LogP contribution >= 0.6 is 11.6 Å². The molecule has 1 saturated heterocycles. The maximum Gasteiger partial charge on any atom is 0.269 e. The Morgan fingerprint density at radius 2 is 1.59 bits per heavy atom. The van der Waals surface area contributed by atoms with E-state index < -0.39 is 4.92 Å². The molecule has 8 nitrogen and oxygen atoms in total. The van der Waals surface area contributed by atoms with Crippen LogP contribution in [0, 0.1) is 24.0 Å². The molecule has 32 heavy (non-hydrogen) atoms. The second-order valence-electron chi connectivity index (χ2n) is 7.67. The zero-order valence-corrected chi connectivity index (χ0v) is 18.5. The predicted molar refractivity (Wildman–Crippen MR) is 123 cm³/mol. The molecule has 0 aliphatic carbocycles. The number of carbonyl (C=O) groups excluding carboxylic acids is 1. The van der Waals surface area contributed by atoms with E-state index in [1.807, 2.05) is 38.1 Å². The van der Waals surface area contributed by atoms with E-state index in [0.29, 0.717) is 42.6 Å². The van der Waals surface area contributed by atoms with Gasteiger partial charge in [-0.1, -0.05) is 11.6 Å². The van der Waals surface area contributed by atoms with Crippen molar-refractivity contribution in [3.8, 4) is 11.4 Å². The molecule has 1 amide bonds. The van der Waals surface area contributed by atoms with Gasteiger partial charge in [0.05, 0.1) is 4.92 Å². The smallest absolute Gasteiger partial charge is 0.269 e. The fourth-order valence-corrected chi connectivity index (χ4v) is 3.81.